The molecule has 0 fully saturated rings. The van der Waals surface area contributed by atoms with E-state index in [0.717, 1.165) is 34.0 Å². The van der Waals surface area contributed by atoms with Crippen molar-refractivity contribution < 1.29 is 4.74 Å². The van der Waals surface area contributed by atoms with Crippen molar-refractivity contribution in [2.24, 2.45) is 10.7 Å². The summed E-state index contributed by atoms with van der Waals surface area (Å²) in [6.07, 6.45) is 0.689. The van der Waals surface area contributed by atoms with Crippen molar-refractivity contribution in [1.82, 2.24) is 9.97 Å². The van der Waals surface area contributed by atoms with Crippen LogP contribution in [0.4, 0.5) is 5.69 Å². The number of imidazole rings is 1. The Morgan fingerprint density at radius 2 is 1.72 bits per heavy atom. The van der Waals surface area contributed by atoms with Crippen LogP contribution in [0.15, 0.2) is 83.9 Å². The number of halogens is 1. The Bertz CT molecular complexity index is 1060. The minimum absolute atomic E-state index is 0. The van der Waals surface area contributed by atoms with Gasteiger partial charge in [0.15, 0.2) is 5.96 Å². The van der Waals surface area contributed by atoms with E-state index in [1.54, 1.807) is 0 Å². The highest BCUT2D eigenvalue weighted by atomic mass is 127. The van der Waals surface area contributed by atoms with Crippen LogP contribution in [0.1, 0.15) is 5.82 Å². The number of aliphatic imine (C=N–C) groups is 1. The van der Waals surface area contributed by atoms with Crippen molar-refractivity contribution in [3.05, 3.63) is 84.7 Å². The molecule has 6 nitrogen and oxygen atoms in total. The molecule has 4 rings (SSSR count). The monoisotopic (exact) mass is 499 g/mol. The van der Waals surface area contributed by atoms with Crippen LogP contribution < -0.4 is 15.8 Å². The molecule has 4 aromatic rings. The van der Waals surface area contributed by atoms with E-state index in [2.05, 4.69) is 20.3 Å². The zero-order valence-corrected chi connectivity index (χ0v) is 18.0. The number of aromatic nitrogens is 2. The van der Waals surface area contributed by atoms with Crippen molar-refractivity contribution in [1.29, 1.82) is 0 Å². The third kappa shape index (κ3) is 5.71. The Balaban J connectivity index is 0.00000240. The minimum Gasteiger partial charge on any atom is -0.457 e. The molecule has 0 spiro atoms. The third-order valence-corrected chi connectivity index (χ3v) is 4.15. The number of benzene rings is 3. The molecule has 1 aromatic heterocycles. The number of nitrogens with two attached hydrogens (primary N) is 1. The lowest BCUT2D eigenvalue weighted by molar-refractivity contribution is 0.483. The average molecular weight is 499 g/mol. The van der Waals surface area contributed by atoms with Crippen LogP contribution in [0.5, 0.6) is 11.5 Å². The number of aromatic amines is 1. The molecule has 148 valence electrons. The summed E-state index contributed by atoms with van der Waals surface area (Å²) in [5.74, 6) is 2.77. The van der Waals surface area contributed by atoms with Crippen LogP contribution in [0, 0.1) is 0 Å². The summed E-state index contributed by atoms with van der Waals surface area (Å²) >= 11 is 0. The first-order chi connectivity index (χ1) is 13.8. The minimum atomic E-state index is 0. The Kier molecular flexibility index (Phi) is 7.07. The van der Waals surface area contributed by atoms with Crippen molar-refractivity contribution in [3.63, 3.8) is 0 Å². The molecule has 0 aliphatic rings. The number of para-hydroxylation sites is 3. The molecule has 29 heavy (non-hydrogen) atoms. The molecule has 0 bridgehead atoms. The molecular weight excluding hydrogens is 477 g/mol. The third-order valence-electron chi connectivity index (χ3n) is 4.15. The topological polar surface area (TPSA) is 88.3 Å². The number of fused-ring (bicyclic) bond motifs is 1. The lowest BCUT2D eigenvalue weighted by atomic mass is 10.3. The lowest BCUT2D eigenvalue weighted by Crippen LogP contribution is -2.23. The summed E-state index contributed by atoms with van der Waals surface area (Å²) in [6, 6.07) is 25.2. The number of anilines is 1. The Morgan fingerprint density at radius 1 is 0.966 bits per heavy atom. The number of guanidine groups is 1. The Morgan fingerprint density at radius 3 is 2.55 bits per heavy atom. The molecule has 0 saturated heterocycles. The van der Waals surface area contributed by atoms with Gasteiger partial charge in [-0.3, -0.25) is 4.99 Å². The fourth-order valence-electron chi connectivity index (χ4n) is 2.86. The number of ether oxygens (including phenoxy) is 1. The number of nitrogens with zero attached hydrogens (tertiary/aromatic N) is 2. The SMILES string of the molecule is I.NC(=NCCc1nc2ccccc2[nH]1)Nc1cccc(Oc2ccccc2)c1. The van der Waals surface area contributed by atoms with E-state index >= 15 is 0 Å². The lowest BCUT2D eigenvalue weighted by Gasteiger charge is -2.09. The molecule has 0 saturated carbocycles. The van der Waals surface area contributed by atoms with E-state index in [1.807, 2.05) is 78.9 Å². The van der Waals surface area contributed by atoms with Crippen LogP contribution in [0.25, 0.3) is 11.0 Å². The van der Waals surface area contributed by atoms with E-state index in [9.17, 15) is 0 Å². The van der Waals surface area contributed by atoms with Gasteiger partial charge in [-0.15, -0.1) is 24.0 Å². The van der Waals surface area contributed by atoms with Crippen molar-refractivity contribution in [2.75, 3.05) is 11.9 Å². The molecule has 0 radical (unpaired) electrons. The number of H-pyrrole nitrogens is 1. The first kappa shape index (κ1) is 20.7. The summed E-state index contributed by atoms with van der Waals surface area (Å²) in [5.41, 5.74) is 8.82. The van der Waals surface area contributed by atoms with Gasteiger partial charge in [0.2, 0.25) is 0 Å². The highest BCUT2D eigenvalue weighted by Crippen LogP contribution is 2.23. The highest BCUT2D eigenvalue weighted by Gasteiger charge is 2.03. The summed E-state index contributed by atoms with van der Waals surface area (Å²) < 4.78 is 5.84. The van der Waals surface area contributed by atoms with Crippen molar-refractivity contribution in [2.45, 2.75) is 6.42 Å². The number of nitrogens with one attached hydrogen (secondary N) is 2. The van der Waals surface area contributed by atoms with Crippen molar-refractivity contribution >= 4 is 46.7 Å². The second-order valence-electron chi connectivity index (χ2n) is 6.29. The van der Waals surface area contributed by atoms with Crippen LogP contribution in [-0.4, -0.2) is 22.5 Å². The van der Waals surface area contributed by atoms with Gasteiger partial charge in [-0.1, -0.05) is 36.4 Å². The van der Waals surface area contributed by atoms with E-state index < -0.39 is 0 Å². The first-order valence-corrected chi connectivity index (χ1v) is 9.10. The molecule has 0 unspecified atom stereocenters. The Hall–Kier alpha value is -3.07. The second kappa shape index (κ2) is 9.92. The predicted octanol–water partition coefficient (Wildman–Crippen LogP) is 4.94. The molecule has 7 heteroatoms. The molecule has 0 aliphatic carbocycles. The van der Waals surface area contributed by atoms with Gasteiger partial charge in [-0.25, -0.2) is 4.98 Å². The van der Waals surface area contributed by atoms with Crippen LogP contribution in [0.2, 0.25) is 0 Å². The molecule has 3 aromatic carbocycles. The van der Waals surface area contributed by atoms with Crippen molar-refractivity contribution in [3.8, 4) is 11.5 Å². The predicted molar refractivity (Wildman–Crippen MR) is 128 cm³/mol. The van der Waals surface area contributed by atoms with Gasteiger partial charge in [0, 0.05) is 24.7 Å². The van der Waals surface area contributed by atoms with Gasteiger partial charge in [-0.2, -0.15) is 0 Å². The summed E-state index contributed by atoms with van der Waals surface area (Å²) in [7, 11) is 0. The van der Waals surface area contributed by atoms with Gasteiger partial charge in [0.1, 0.15) is 17.3 Å². The standard InChI is InChI=1S/C22H21N5O.HI/c23-22(24-14-13-21-26-19-11-4-5-12-20(19)27-21)25-16-7-6-10-18(15-16)28-17-8-2-1-3-9-17;/h1-12,15H,13-14H2,(H,26,27)(H3,23,24,25);1H. The molecule has 0 amide bonds. The maximum atomic E-state index is 6.02. The molecular formula is C22H22IN5O. The highest BCUT2D eigenvalue weighted by molar-refractivity contribution is 14.0. The number of hydrogen-bond donors (Lipinski definition) is 3. The van der Waals surface area contributed by atoms with E-state index in [4.69, 9.17) is 10.5 Å². The van der Waals surface area contributed by atoms with Gasteiger partial charge in [0.05, 0.1) is 11.0 Å². The number of rotatable bonds is 6. The first-order valence-electron chi connectivity index (χ1n) is 9.10. The number of hydrogen-bond acceptors (Lipinski definition) is 3. The van der Waals surface area contributed by atoms with E-state index in [1.165, 1.54) is 0 Å². The Labute approximate surface area is 186 Å². The average Bonchev–Trinajstić information content (AvgIpc) is 3.12. The van der Waals surface area contributed by atoms with Gasteiger partial charge < -0.3 is 20.8 Å². The van der Waals surface area contributed by atoms with E-state index in [0.29, 0.717) is 18.9 Å². The summed E-state index contributed by atoms with van der Waals surface area (Å²) in [4.78, 5) is 12.2. The largest absolute Gasteiger partial charge is 0.457 e. The normalized spacial score (nSPS) is 11.1. The molecule has 0 atom stereocenters. The smallest absolute Gasteiger partial charge is 0.193 e. The molecule has 4 N–H and O–H groups in total. The maximum absolute atomic E-state index is 6.02. The quantitative estimate of drug-likeness (QED) is 0.199. The van der Waals surface area contributed by atoms with Crippen LogP contribution in [-0.2, 0) is 6.42 Å². The zero-order chi connectivity index (χ0) is 19.2. The molecule has 1 heterocycles. The fraction of sp³-hybridized carbons (Fsp3) is 0.0909. The van der Waals surface area contributed by atoms with E-state index in [-0.39, 0.29) is 24.0 Å². The fourth-order valence-corrected chi connectivity index (χ4v) is 2.86. The summed E-state index contributed by atoms with van der Waals surface area (Å²) in [6.45, 7) is 0.541. The van der Waals surface area contributed by atoms with Crippen LogP contribution >= 0.6 is 24.0 Å². The van der Waals surface area contributed by atoms with Gasteiger partial charge in [0.25, 0.3) is 0 Å². The van der Waals surface area contributed by atoms with Gasteiger partial charge >= 0.3 is 0 Å². The molecule has 0 aliphatic heterocycles. The zero-order valence-electron chi connectivity index (χ0n) is 15.7. The maximum Gasteiger partial charge on any atom is 0.193 e. The van der Waals surface area contributed by atoms with Gasteiger partial charge in [-0.05, 0) is 36.4 Å². The van der Waals surface area contributed by atoms with Crippen LogP contribution in [0.3, 0.4) is 0 Å². The second-order valence-corrected chi connectivity index (χ2v) is 6.29. The summed E-state index contributed by atoms with van der Waals surface area (Å²) in [5, 5.41) is 3.10.